The Bertz CT molecular complexity index is 456. The number of hydrogen-bond acceptors (Lipinski definition) is 2. The number of nitrogens with zero attached hydrogens (tertiary/aromatic N) is 2. The molecule has 3 heteroatoms. The second kappa shape index (κ2) is 4.80. The minimum Gasteiger partial charge on any atom is -0.332 e. The van der Waals surface area contributed by atoms with Crippen LogP contribution in [0.2, 0.25) is 0 Å². The summed E-state index contributed by atoms with van der Waals surface area (Å²) in [7, 11) is 0. The van der Waals surface area contributed by atoms with Gasteiger partial charge in [-0.15, -0.1) is 0 Å². The molecule has 0 atom stereocenters. The zero-order valence-corrected chi connectivity index (χ0v) is 9.36. The molecular weight excluding hydrogens is 200 g/mol. The molecule has 1 aliphatic heterocycles. The third-order valence-corrected chi connectivity index (χ3v) is 2.55. The van der Waals surface area contributed by atoms with E-state index in [2.05, 4.69) is 16.8 Å². The number of pyridine rings is 1. The van der Waals surface area contributed by atoms with Crippen molar-refractivity contribution >= 4 is 5.91 Å². The molecule has 82 valence electrons. The average molecular weight is 214 g/mol. The van der Waals surface area contributed by atoms with Gasteiger partial charge >= 0.3 is 0 Å². The number of aryl methyl sites for hydroxylation is 1. The monoisotopic (exact) mass is 214 g/mol. The molecule has 3 nitrogen and oxygen atoms in total. The van der Waals surface area contributed by atoms with Crippen molar-refractivity contribution in [3.8, 4) is 11.8 Å². The number of amides is 1. The highest BCUT2D eigenvalue weighted by Gasteiger charge is 2.18. The van der Waals surface area contributed by atoms with E-state index in [4.69, 9.17) is 0 Å². The first-order valence-corrected chi connectivity index (χ1v) is 5.46. The molecule has 0 bridgehead atoms. The van der Waals surface area contributed by atoms with Gasteiger partial charge in [0.2, 0.25) is 5.91 Å². The second-order valence-corrected chi connectivity index (χ2v) is 3.88. The summed E-state index contributed by atoms with van der Waals surface area (Å²) in [5, 5.41) is 0. The van der Waals surface area contributed by atoms with Crippen LogP contribution in [0.3, 0.4) is 0 Å². The zero-order valence-electron chi connectivity index (χ0n) is 9.36. The Morgan fingerprint density at radius 2 is 2.38 bits per heavy atom. The van der Waals surface area contributed by atoms with Crippen LogP contribution in [0.25, 0.3) is 0 Å². The third kappa shape index (κ3) is 2.60. The molecule has 2 heterocycles. The number of carbonyl (C=O) groups is 1. The van der Waals surface area contributed by atoms with E-state index < -0.39 is 0 Å². The van der Waals surface area contributed by atoms with Gasteiger partial charge in [0.05, 0.1) is 6.54 Å². The second-order valence-electron chi connectivity index (χ2n) is 3.88. The van der Waals surface area contributed by atoms with Gasteiger partial charge in [0, 0.05) is 18.7 Å². The van der Waals surface area contributed by atoms with Crippen LogP contribution in [-0.4, -0.2) is 28.9 Å². The van der Waals surface area contributed by atoms with Crippen LogP contribution in [0.5, 0.6) is 0 Å². The largest absolute Gasteiger partial charge is 0.332 e. The first-order valence-electron chi connectivity index (χ1n) is 5.46. The minimum absolute atomic E-state index is 0.214. The minimum atomic E-state index is 0.214. The van der Waals surface area contributed by atoms with Gasteiger partial charge in [-0.25, -0.2) is 4.98 Å². The summed E-state index contributed by atoms with van der Waals surface area (Å²) in [6, 6.07) is 5.76. The Balaban J connectivity index is 1.97. The molecule has 0 spiro atoms. The standard InChI is InChI=1S/C13H14N2O/c1-11-5-2-6-12(14-11)7-3-9-15-10-4-8-13(15)16/h2,5-6H,4,8-10H2,1H3. The fraction of sp³-hybridized carbons (Fsp3) is 0.385. The highest BCUT2D eigenvalue weighted by atomic mass is 16.2. The number of likely N-dealkylation sites (tertiary alicyclic amines) is 1. The molecule has 1 aliphatic rings. The van der Waals surface area contributed by atoms with E-state index in [1.165, 1.54) is 0 Å². The Kier molecular flexibility index (Phi) is 3.21. The predicted molar refractivity (Wildman–Crippen MR) is 61.7 cm³/mol. The summed E-state index contributed by atoms with van der Waals surface area (Å²) in [6.45, 7) is 3.30. The Morgan fingerprint density at radius 1 is 1.50 bits per heavy atom. The van der Waals surface area contributed by atoms with Gasteiger partial charge in [-0.2, -0.15) is 0 Å². The zero-order chi connectivity index (χ0) is 11.4. The maximum Gasteiger partial charge on any atom is 0.223 e. The maximum atomic E-state index is 11.3. The Morgan fingerprint density at radius 3 is 3.06 bits per heavy atom. The van der Waals surface area contributed by atoms with Gasteiger partial charge < -0.3 is 4.90 Å². The van der Waals surface area contributed by atoms with Crippen molar-refractivity contribution in [2.45, 2.75) is 19.8 Å². The Labute approximate surface area is 95.5 Å². The van der Waals surface area contributed by atoms with Crippen LogP contribution in [0.1, 0.15) is 24.2 Å². The van der Waals surface area contributed by atoms with Crippen molar-refractivity contribution in [1.29, 1.82) is 0 Å². The summed E-state index contributed by atoms with van der Waals surface area (Å²) < 4.78 is 0. The normalized spacial score (nSPS) is 14.8. The van der Waals surface area contributed by atoms with Gasteiger partial charge in [-0.3, -0.25) is 4.79 Å². The number of rotatable bonds is 1. The molecular formula is C13H14N2O. The third-order valence-electron chi connectivity index (χ3n) is 2.55. The van der Waals surface area contributed by atoms with Crippen LogP contribution in [0.4, 0.5) is 0 Å². The molecule has 1 aromatic heterocycles. The Hall–Kier alpha value is -1.82. The SMILES string of the molecule is Cc1cccc(C#CCN2CCCC2=O)n1. The van der Waals surface area contributed by atoms with Gasteiger partial charge in [-0.05, 0) is 31.4 Å². The summed E-state index contributed by atoms with van der Waals surface area (Å²) in [4.78, 5) is 17.4. The molecule has 0 aromatic carbocycles. The maximum absolute atomic E-state index is 11.3. The molecule has 0 N–H and O–H groups in total. The van der Waals surface area contributed by atoms with E-state index in [-0.39, 0.29) is 5.91 Å². The topological polar surface area (TPSA) is 33.2 Å². The molecule has 16 heavy (non-hydrogen) atoms. The molecule has 0 aliphatic carbocycles. The van der Waals surface area contributed by atoms with E-state index in [0.717, 1.165) is 24.4 Å². The van der Waals surface area contributed by atoms with Crippen molar-refractivity contribution in [2.75, 3.05) is 13.1 Å². The summed E-state index contributed by atoms with van der Waals surface area (Å²) in [6.07, 6.45) is 1.63. The van der Waals surface area contributed by atoms with Crippen LogP contribution in [-0.2, 0) is 4.79 Å². The van der Waals surface area contributed by atoms with Crippen LogP contribution in [0.15, 0.2) is 18.2 Å². The average Bonchev–Trinajstić information content (AvgIpc) is 2.65. The lowest BCUT2D eigenvalue weighted by Gasteiger charge is -2.09. The van der Waals surface area contributed by atoms with Crippen molar-refractivity contribution in [1.82, 2.24) is 9.88 Å². The molecule has 1 aromatic rings. The number of aromatic nitrogens is 1. The summed E-state index contributed by atoms with van der Waals surface area (Å²) in [5.74, 6) is 6.19. The van der Waals surface area contributed by atoms with E-state index >= 15 is 0 Å². The summed E-state index contributed by atoms with van der Waals surface area (Å²) >= 11 is 0. The molecule has 2 rings (SSSR count). The number of carbonyl (C=O) groups excluding carboxylic acids is 1. The molecule has 1 saturated heterocycles. The fourth-order valence-electron chi connectivity index (χ4n) is 1.71. The van der Waals surface area contributed by atoms with Crippen molar-refractivity contribution in [3.63, 3.8) is 0 Å². The highest BCUT2D eigenvalue weighted by Crippen LogP contribution is 2.07. The predicted octanol–water partition coefficient (Wildman–Crippen LogP) is 1.36. The first-order chi connectivity index (χ1) is 7.75. The lowest BCUT2D eigenvalue weighted by molar-refractivity contribution is -0.127. The van der Waals surface area contributed by atoms with Gasteiger partial charge in [-0.1, -0.05) is 12.0 Å². The molecule has 0 saturated carbocycles. The van der Waals surface area contributed by atoms with Crippen molar-refractivity contribution in [3.05, 3.63) is 29.6 Å². The highest BCUT2D eigenvalue weighted by molar-refractivity contribution is 5.78. The van der Waals surface area contributed by atoms with Gasteiger partial charge in [0.1, 0.15) is 5.69 Å². The molecule has 0 unspecified atom stereocenters. The first kappa shape index (κ1) is 10.7. The van der Waals surface area contributed by atoms with Crippen LogP contribution < -0.4 is 0 Å². The molecule has 1 fully saturated rings. The molecule has 0 radical (unpaired) electrons. The van der Waals surface area contributed by atoms with Crippen LogP contribution >= 0.6 is 0 Å². The van der Waals surface area contributed by atoms with E-state index in [1.54, 1.807) is 4.90 Å². The lowest BCUT2D eigenvalue weighted by atomic mass is 10.3. The van der Waals surface area contributed by atoms with Crippen LogP contribution in [0, 0.1) is 18.8 Å². The smallest absolute Gasteiger partial charge is 0.223 e. The van der Waals surface area contributed by atoms with E-state index in [1.807, 2.05) is 25.1 Å². The fourth-order valence-corrected chi connectivity index (χ4v) is 1.71. The quantitative estimate of drug-likeness (QED) is 0.661. The van der Waals surface area contributed by atoms with E-state index in [0.29, 0.717) is 13.0 Å². The van der Waals surface area contributed by atoms with Crippen molar-refractivity contribution in [2.24, 2.45) is 0 Å². The number of hydrogen-bond donors (Lipinski definition) is 0. The van der Waals surface area contributed by atoms with Crippen molar-refractivity contribution < 1.29 is 4.79 Å². The summed E-state index contributed by atoms with van der Waals surface area (Å²) in [5.41, 5.74) is 1.73. The lowest BCUT2D eigenvalue weighted by Crippen LogP contribution is -2.24. The van der Waals surface area contributed by atoms with Gasteiger partial charge in [0.15, 0.2) is 0 Å². The van der Waals surface area contributed by atoms with E-state index in [9.17, 15) is 4.79 Å². The molecule has 1 amide bonds. The van der Waals surface area contributed by atoms with Gasteiger partial charge in [0.25, 0.3) is 0 Å².